The van der Waals surface area contributed by atoms with Crippen molar-refractivity contribution in [3.8, 4) is 5.75 Å². The van der Waals surface area contributed by atoms with E-state index in [9.17, 15) is 13.6 Å². The second-order valence-corrected chi connectivity index (χ2v) is 5.50. The van der Waals surface area contributed by atoms with Crippen molar-refractivity contribution in [1.82, 2.24) is 4.90 Å². The summed E-state index contributed by atoms with van der Waals surface area (Å²) in [4.78, 5) is 13.8. The van der Waals surface area contributed by atoms with Gasteiger partial charge in [0.1, 0.15) is 0 Å². The zero-order valence-corrected chi connectivity index (χ0v) is 12.9. The summed E-state index contributed by atoms with van der Waals surface area (Å²) < 4.78 is 37.4. The van der Waals surface area contributed by atoms with E-state index in [-0.39, 0.29) is 17.7 Å². The van der Waals surface area contributed by atoms with Crippen molar-refractivity contribution in [2.75, 3.05) is 32.1 Å². The Morgan fingerprint density at radius 1 is 1.41 bits per heavy atom. The average Bonchev–Trinajstić information content (AvgIpc) is 2.47. The molecule has 2 amide bonds. The van der Waals surface area contributed by atoms with Crippen molar-refractivity contribution >= 4 is 11.7 Å². The molecule has 0 aromatic heterocycles. The van der Waals surface area contributed by atoms with Crippen LogP contribution in [0.5, 0.6) is 5.75 Å². The smallest absolute Gasteiger partial charge is 0.322 e. The molecule has 1 atom stereocenters. The van der Waals surface area contributed by atoms with Crippen LogP contribution >= 0.6 is 0 Å². The van der Waals surface area contributed by atoms with Gasteiger partial charge in [0.25, 0.3) is 0 Å². The highest BCUT2D eigenvalue weighted by molar-refractivity contribution is 5.89. The molecule has 1 aliphatic heterocycles. The molecule has 1 aliphatic rings. The Hall–Kier alpha value is -1.89. The Labute approximate surface area is 128 Å². The maximum absolute atomic E-state index is 13.6. The van der Waals surface area contributed by atoms with Crippen LogP contribution < -0.4 is 10.1 Å². The third-order valence-electron chi connectivity index (χ3n) is 3.58. The summed E-state index contributed by atoms with van der Waals surface area (Å²) in [5.41, 5.74) is 0.0494. The molecule has 1 heterocycles. The molecule has 1 unspecified atom stereocenters. The second-order valence-electron chi connectivity index (χ2n) is 5.50. The summed E-state index contributed by atoms with van der Waals surface area (Å²) in [7, 11) is 1.18. The van der Waals surface area contributed by atoms with Crippen LogP contribution in [-0.4, -0.2) is 43.8 Å². The first kappa shape index (κ1) is 16.5. The van der Waals surface area contributed by atoms with Crippen LogP contribution in [0.3, 0.4) is 0 Å². The SMILES string of the molecule is COc1c(F)cc(NC(=O)N2CCOC(C(C)C)C2)cc1F. The van der Waals surface area contributed by atoms with E-state index in [1.807, 2.05) is 13.8 Å². The number of rotatable bonds is 3. The predicted octanol–water partition coefficient (Wildman–Crippen LogP) is 2.86. The van der Waals surface area contributed by atoms with Gasteiger partial charge in [-0.3, -0.25) is 0 Å². The minimum absolute atomic E-state index is 0.0381. The molecule has 1 saturated heterocycles. The van der Waals surface area contributed by atoms with E-state index in [0.29, 0.717) is 19.7 Å². The monoisotopic (exact) mass is 314 g/mol. The number of halogens is 2. The van der Waals surface area contributed by atoms with Crippen LogP contribution in [0, 0.1) is 17.6 Å². The number of benzene rings is 1. The number of hydrogen-bond donors (Lipinski definition) is 1. The van der Waals surface area contributed by atoms with Gasteiger partial charge in [0.05, 0.1) is 19.8 Å². The lowest BCUT2D eigenvalue weighted by Gasteiger charge is -2.34. The lowest BCUT2D eigenvalue weighted by atomic mass is 10.1. The molecule has 1 aromatic carbocycles. The Kier molecular flexibility index (Phi) is 5.18. The normalized spacial score (nSPS) is 18.5. The first-order valence-electron chi connectivity index (χ1n) is 7.13. The fraction of sp³-hybridized carbons (Fsp3) is 0.533. The molecule has 1 fully saturated rings. The Morgan fingerprint density at radius 3 is 2.59 bits per heavy atom. The van der Waals surface area contributed by atoms with Crippen LogP contribution in [0.4, 0.5) is 19.3 Å². The van der Waals surface area contributed by atoms with Crippen molar-refractivity contribution in [3.63, 3.8) is 0 Å². The molecule has 22 heavy (non-hydrogen) atoms. The summed E-state index contributed by atoms with van der Waals surface area (Å²) in [6.45, 7) is 5.36. The van der Waals surface area contributed by atoms with Gasteiger partial charge in [-0.15, -0.1) is 0 Å². The van der Waals surface area contributed by atoms with Gasteiger partial charge in [-0.1, -0.05) is 13.8 Å². The zero-order chi connectivity index (χ0) is 16.3. The van der Waals surface area contributed by atoms with Gasteiger partial charge in [0.15, 0.2) is 17.4 Å². The molecule has 1 aromatic rings. The lowest BCUT2D eigenvalue weighted by molar-refractivity contribution is -0.0354. The van der Waals surface area contributed by atoms with Gasteiger partial charge in [-0.25, -0.2) is 13.6 Å². The second kappa shape index (κ2) is 6.91. The maximum Gasteiger partial charge on any atom is 0.322 e. The van der Waals surface area contributed by atoms with Gasteiger partial charge >= 0.3 is 6.03 Å². The zero-order valence-electron chi connectivity index (χ0n) is 12.9. The highest BCUT2D eigenvalue weighted by Gasteiger charge is 2.26. The van der Waals surface area contributed by atoms with Crippen molar-refractivity contribution in [2.24, 2.45) is 5.92 Å². The number of nitrogens with zero attached hydrogens (tertiary/aromatic N) is 1. The van der Waals surface area contributed by atoms with E-state index in [2.05, 4.69) is 10.1 Å². The van der Waals surface area contributed by atoms with Gasteiger partial charge in [-0.2, -0.15) is 0 Å². The van der Waals surface area contributed by atoms with Crippen LogP contribution in [0.1, 0.15) is 13.8 Å². The summed E-state index contributed by atoms with van der Waals surface area (Å²) >= 11 is 0. The molecule has 5 nitrogen and oxygen atoms in total. The molecule has 0 bridgehead atoms. The third kappa shape index (κ3) is 3.65. The molecule has 0 radical (unpaired) electrons. The quantitative estimate of drug-likeness (QED) is 0.933. The number of methoxy groups -OCH3 is 1. The maximum atomic E-state index is 13.6. The highest BCUT2D eigenvalue weighted by Crippen LogP contribution is 2.25. The molecule has 7 heteroatoms. The summed E-state index contributed by atoms with van der Waals surface area (Å²) in [5.74, 6) is -1.91. The minimum Gasteiger partial charge on any atom is -0.491 e. The number of anilines is 1. The van der Waals surface area contributed by atoms with Gasteiger partial charge in [0, 0.05) is 30.9 Å². The van der Waals surface area contributed by atoms with Crippen molar-refractivity contribution in [3.05, 3.63) is 23.8 Å². The van der Waals surface area contributed by atoms with E-state index in [1.165, 1.54) is 7.11 Å². The van der Waals surface area contributed by atoms with Crippen LogP contribution in [-0.2, 0) is 4.74 Å². The summed E-state index contributed by atoms with van der Waals surface area (Å²) in [6, 6.07) is 1.65. The Balaban J connectivity index is 2.06. The first-order chi connectivity index (χ1) is 10.4. The van der Waals surface area contributed by atoms with Crippen LogP contribution in [0.15, 0.2) is 12.1 Å². The number of amides is 2. The third-order valence-corrected chi connectivity index (χ3v) is 3.58. The Morgan fingerprint density at radius 2 is 2.05 bits per heavy atom. The van der Waals surface area contributed by atoms with E-state index >= 15 is 0 Å². The number of ether oxygens (including phenoxy) is 2. The first-order valence-corrected chi connectivity index (χ1v) is 7.13. The average molecular weight is 314 g/mol. The molecular weight excluding hydrogens is 294 g/mol. The van der Waals surface area contributed by atoms with E-state index in [1.54, 1.807) is 4.90 Å². The molecule has 122 valence electrons. The topological polar surface area (TPSA) is 50.8 Å². The fourth-order valence-corrected chi connectivity index (χ4v) is 2.29. The summed E-state index contributed by atoms with van der Waals surface area (Å²) in [6.07, 6.45) is -0.0381. The van der Waals surface area contributed by atoms with Gasteiger partial charge < -0.3 is 19.7 Å². The van der Waals surface area contributed by atoms with Crippen LogP contribution in [0.25, 0.3) is 0 Å². The minimum atomic E-state index is -0.861. The Bertz CT molecular complexity index is 529. The van der Waals surface area contributed by atoms with Crippen molar-refractivity contribution in [2.45, 2.75) is 20.0 Å². The molecule has 0 saturated carbocycles. The molecule has 0 spiro atoms. The lowest BCUT2D eigenvalue weighted by Crippen LogP contribution is -2.48. The number of carbonyl (C=O) groups excluding carboxylic acids is 1. The van der Waals surface area contributed by atoms with Gasteiger partial charge in [-0.05, 0) is 5.92 Å². The van der Waals surface area contributed by atoms with Crippen molar-refractivity contribution < 1.29 is 23.0 Å². The predicted molar refractivity (Wildman–Crippen MR) is 78.1 cm³/mol. The number of hydrogen-bond acceptors (Lipinski definition) is 3. The summed E-state index contributed by atoms with van der Waals surface area (Å²) in [5, 5.41) is 2.50. The standard InChI is InChI=1S/C15H20F2N2O3/c1-9(2)13-8-19(4-5-22-13)15(20)18-10-6-11(16)14(21-3)12(17)7-10/h6-7,9,13H,4-5,8H2,1-3H3,(H,18,20). The number of morpholine rings is 1. The highest BCUT2D eigenvalue weighted by atomic mass is 19.1. The fourth-order valence-electron chi connectivity index (χ4n) is 2.29. The van der Waals surface area contributed by atoms with Crippen LogP contribution in [0.2, 0.25) is 0 Å². The molecule has 1 N–H and O–H groups in total. The van der Waals surface area contributed by atoms with E-state index in [4.69, 9.17) is 4.74 Å². The number of carbonyl (C=O) groups is 1. The number of urea groups is 1. The van der Waals surface area contributed by atoms with Crippen molar-refractivity contribution in [1.29, 1.82) is 0 Å². The molecule has 2 rings (SSSR count). The number of nitrogens with one attached hydrogen (secondary N) is 1. The molecule has 0 aliphatic carbocycles. The largest absolute Gasteiger partial charge is 0.491 e. The van der Waals surface area contributed by atoms with E-state index in [0.717, 1.165) is 12.1 Å². The van der Waals surface area contributed by atoms with Gasteiger partial charge in [0.2, 0.25) is 0 Å². The van der Waals surface area contributed by atoms with E-state index < -0.39 is 23.4 Å². The molecular formula is C15H20F2N2O3.